The average Bonchev–Trinajstić information content (AvgIpc) is 2.68. The van der Waals surface area contributed by atoms with Crippen molar-refractivity contribution in [3.63, 3.8) is 0 Å². The molecule has 3 nitrogen and oxygen atoms in total. The van der Waals surface area contributed by atoms with E-state index in [4.69, 9.17) is 9.47 Å². The van der Waals surface area contributed by atoms with Gasteiger partial charge in [-0.1, -0.05) is 50.2 Å². The van der Waals surface area contributed by atoms with E-state index in [0.29, 0.717) is 17.2 Å². The smallest absolute Gasteiger partial charge is 0.343 e. The monoisotopic (exact) mass is 346 g/mol. The maximum atomic E-state index is 12.3. The molecule has 0 N–H and O–H groups in total. The summed E-state index contributed by atoms with van der Waals surface area (Å²) in [5.41, 5.74) is 3.88. The summed E-state index contributed by atoms with van der Waals surface area (Å²) in [7, 11) is 1.65. The van der Waals surface area contributed by atoms with Crippen LogP contribution in [0.4, 0.5) is 0 Å². The van der Waals surface area contributed by atoms with Crippen molar-refractivity contribution >= 4 is 5.97 Å². The summed E-state index contributed by atoms with van der Waals surface area (Å²) < 4.78 is 10.6. The Bertz CT molecular complexity index is 861. The fraction of sp³-hybridized carbons (Fsp3) is 0.174. The topological polar surface area (TPSA) is 35.5 Å². The van der Waals surface area contributed by atoms with Crippen molar-refractivity contribution in [2.45, 2.75) is 19.8 Å². The zero-order valence-electron chi connectivity index (χ0n) is 15.2. The predicted octanol–water partition coefficient (Wildman–Crippen LogP) is 5.70. The highest BCUT2D eigenvalue weighted by molar-refractivity contribution is 5.91. The van der Waals surface area contributed by atoms with Crippen LogP contribution in [0.1, 0.15) is 35.7 Å². The van der Waals surface area contributed by atoms with E-state index in [1.54, 1.807) is 19.2 Å². The van der Waals surface area contributed by atoms with Gasteiger partial charge in [-0.15, -0.1) is 0 Å². The summed E-state index contributed by atoms with van der Waals surface area (Å²) in [6.07, 6.45) is 0. The van der Waals surface area contributed by atoms with Crippen LogP contribution in [0.5, 0.6) is 11.5 Å². The Kier molecular flexibility index (Phi) is 5.37. The van der Waals surface area contributed by atoms with Crippen LogP contribution >= 0.6 is 0 Å². The van der Waals surface area contributed by atoms with Gasteiger partial charge in [-0.05, 0) is 59.0 Å². The molecule has 132 valence electrons. The van der Waals surface area contributed by atoms with Crippen molar-refractivity contribution in [2.24, 2.45) is 0 Å². The Morgan fingerprint density at radius 3 is 1.69 bits per heavy atom. The number of methoxy groups -OCH3 is 1. The molecule has 0 fully saturated rings. The third-order valence-electron chi connectivity index (χ3n) is 4.30. The second-order valence-corrected chi connectivity index (χ2v) is 6.42. The van der Waals surface area contributed by atoms with E-state index in [9.17, 15) is 4.79 Å². The van der Waals surface area contributed by atoms with Crippen molar-refractivity contribution in [2.75, 3.05) is 7.11 Å². The molecule has 0 radical (unpaired) electrons. The molecule has 0 atom stereocenters. The minimum absolute atomic E-state index is 0.350. The summed E-state index contributed by atoms with van der Waals surface area (Å²) >= 11 is 0. The standard InChI is InChI=1S/C23H22O3/c1-16(2)17-4-6-20(7-5-17)23(24)26-22-14-10-19(11-15-22)18-8-12-21(25-3)13-9-18/h4-16H,1-3H3. The fourth-order valence-electron chi connectivity index (χ4n) is 2.67. The van der Waals surface area contributed by atoms with E-state index in [1.807, 2.05) is 60.7 Å². The first kappa shape index (κ1) is 17.7. The van der Waals surface area contributed by atoms with Crippen molar-refractivity contribution < 1.29 is 14.3 Å². The fourth-order valence-corrected chi connectivity index (χ4v) is 2.67. The number of hydrogen-bond donors (Lipinski definition) is 0. The Morgan fingerprint density at radius 1 is 0.731 bits per heavy atom. The molecule has 0 spiro atoms. The van der Waals surface area contributed by atoms with Gasteiger partial charge in [-0.2, -0.15) is 0 Å². The van der Waals surface area contributed by atoms with Gasteiger partial charge in [0.25, 0.3) is 0 Å². The first-order valence-corrected chi connectivity index (χ1v) is 8.63. The second kappa shape index (κ2) is 7.87. The van der Waals surface area contributed by atoms with Gasteiger partial charge < -0.3 is 9.47 Å². The molecule has 3 rings (SSSR count). The van der Waals surface area contributed by atoms with Crippen LogP contribution in [0.2, 0.25) is 0 Å². The number of esters is 1. The molecule has 3 aromatic rings. The highest BCUT2D eigenvalue weighted by atomic mass is 16.5. The third-order valence-corrected chi connectivity index (χ3v) is 4.30. The maximum Gasteiger partial charge on any atom is 0.343 e. The normalized spacial score (nSPS) is 10.6. The van der Waals surface area contributed by atoms with E-state index < -0.39 is 0 Å². The van der Waals surface area contributed by atoms with Crippen molar-refractivity contribution in [1.29, 1.82) is 0 Å². The molecular formula is C23H22O3. The van der Waals surface area contributed by atoms with Crippen LogP contribution in [0.3, 0.4) is 0 Å². The Morgan fingerprint density at radius 2 is 1.23 bits per heavy atom. The number of carbonyl (C=O) groups is 1. The summed E-state index contributed by atoms with van der Waals surface area (Å²) in [6.45, 7) is 4.25. The first-order valence-electron chi connectivity index (χ1n) is 8.63. The molecule has 0 saturated carbocycles. The van der Waals surface area contributed by atoms with Gasteiger partial charge in [0.1, 0.15) is 11.5 Å². The van der Waals surface area contributed by atoms with Gasteiger partial charge >= 0.3 is 5.97 Å². The molecule has 3 heteroatoms. The molecule has 0 heterocycles. The van der Waals surface area contributed by atoms with E-state index in [2.05, 4.69) is 13.8 Å². The lowest BCUT2D eigenvalue weighted by Gasteiger charge is -2.08. The summed E-state index contributed by atoms with van der Waals surface area (Å²) in [4.78, 5) is 12.3. The van der Waals surface area contributed by atoms with Crippen LogP contribution in [0, 0.1) is 0 Å². The zero-order valence-corrected chi connectivity index (χ0v) is 15.2. The van der Waals surface area contributed by atoms with Gasteiger partial charge in [0.2, 0.25) is 0 Å². The SMILES string of the molecule is COc1ccc(-c2ccc(OC(=O)c3ccc(C(C)C)cc3)cc2)cc1. The Balaban J connectivity index is 1.69. The second-order valence-electron chi connectivity index (χ2n) is 6.42. The summed E-state index contributed by atoms with van der Waals surface area (Å²) in [5, 5.41) is 0. The Labute approximate surface area is 154 Å². The van der Waals surface area contributed by atoms with Gasteiger partial charge in [0, 0.05) is 0 Å². The predicted molar refractivity (Wildman–Crippen MR) is 104 cm³/mol. The highest BCUT2D eigenvalue weighted by Gasteiger charge is 2.09. The minimum Gasteiger partial charge on any atom is -0.497 e. The van der Waals surface area contributed by atoms with Gasteiger partial charge in [-0.3, -0.25) is 0 Å². The molecule has 3 aromatic carbocycles. The van der Waals surface area contributed by atoms with E-state index in [-0.39, 0.29) is 5.97 Å². The molecule has 0 saturated heterocycles. The number of hydrogen-bond acceptors (Lipinski definition) is 3. The molecule has 0 aromatic heterocycles. The van der Waals surface area contributed by atoms with Crippen molar-refractivity contribution in [3.05, 3.63) is 83.9 Å². The molecule has 0 bridgehead atoms. The van der Waals surface area contributed by atoms with Crippen molar-refractivity contribution in [1.82, 2.24) is 0 Å². The summed E-state index contributed by atoms with van der Waals surface area (Å²) in [5.74, 6) is 1.44. The molecule has 0 unspecified atom stereocenters. The third kappa shape index (κ3) is 4.12. The molecule has 26 heavy (non-hydrogen) atoms. The van der Waals surface area contributed by atoms with Gasteiger partial charge in [0.05, 0.1) is 12.7 Å². The number of rotatable bonds is 5. The van der Waals surface area contributed by atoms with Crippen LogP contribution in [-0.2, 0) is 0 Å². The molecular weight excluding hydrogens is 324 g/mol. The largest absolute Gasteiger partial charge is 0.497 e. The molecule has 0 aliphatic rings. The minimum atomic E-state index is -0.350. The number of benzene rings is 3. The van der Waals surface area contributed by atoms with Crippen LogP contribution in [0.25, 0.3) is 11.1 Å². The Hall–Kier alpha value is -3.07. The van der Waals surface area contributed by atoms with Crippen LogP contribution in [0.15, 0.2) is 72.8 Å². The summed E-state index contributed by atoms with van der Waals surface area (Å²) in [6, 6.07) is 22.9. The number of ether oxygens (including phenoxy) is 2. The first-order chi connectivity index (χ1) is 12.6. The van der Waals surface area contributed by atoms with Gasteiger partial charge in [-0.25, -0.2) is 4.79 Å². The molecule has 0 aliphatic heterocycles. The maximum absolute atomic E-state index is 12.3. The van der Waals surface area contributed by atoms with E-state index >= 15 is 0 Å². The molecule has 0 amide bonds. The lowest BCUT2D eigenvalue weighted by molar-refractivity contribution is 0.0735. The molecule has 0 aliphatic carbocycles. The van der Waals surface area contributed by atoms with Crippen molar-refractivity contribution in [3.8, 4) is 22.6 Å². The van der Waals surface area contributed by atoms with Crippen LogP contribution in [-0.4, -0.2) is 13.1 Å². The van der Waals surface area contributed by atoms with E-state index in [1.165, 1.54) is 5.56 Å². The number of carbonyl (C=O) groups excluding carboxylic acids is 1. The lowest BCUT2D eigenvalue weighted by Crippen LogP contribution is -2.08. The van der Waals surface area contributed by atoms with Gasteiger partial charge in [0.15, 0.2) is 0 Å². The average molecular weight is 346 g/mol. The lowest BCUT2D eigenvalue weighted by atomic mass is 10.0. The zero-order chi connectivity index (χ0) is 18.5. The van der Waals surface area contributed by atoms with Crippen LogP contribution < -0.4 is 9.47 Å². The quantitative estimate of drug-likeness (QED) is 0.439. The highest BCUT2D eigenvalue weighted by Crippen LogP contribution is 2.25. The van der Waals surface area contributed by atoms with E-state index in [0.717, 1.165) is 16.9 Å².